The number of thioether (sulfide) groups is 1. The molecule has 2 aromatic carbocycles. The molecule has 0 bridgehead atoms. The van der Waals surface area contributed by atoms with Crippen LogP contribution in [0.3, 0.4) is 0 Å². The number of amides is 1. The quantitative estimate of drug-likeness (QED) is 0.512. The highest BCUT2D eigenvalue weighted by atomic mass is 35.5. The molecule has 2 atom stereocenters. The molecule has 1 heterocycles. The normalized spacial score (nSPS) is 13.0. The zero-order valence-electron chi connectivity index (χ0n) is 16.8. The maximum Gasteiger partial charge on any atom is 0.233 e. The van der Waals surface area contributed by atoms with Crippen molar-refractivity contribution < 1.29 is 13.9 Å². The summed E-state index contributed by atoms with van der Waals surface area (Å²) in [7, 11) is 1.82. The van der Waals surface area contributed by atoms with Gasteiger partial charge >= 0.3 is 0 Å². The van der Waals surface area contributed by atoms with Crippen LogP contribution in [-0.2, 0) is 18.4 Å². The highest BCUT2D eigenvalue weighted by molar-refractivity contribution is 8.00. The SMILES string of the molecule is C[C@H](Sc1nnc(COc2ccccc2Cl)n1C)C(=O)N[C@@H](C)c1ccc(F)cc1. The fraction of sp³-hybridized carbons (Fsp3) is 0.286. The van der Waals surface area contributed by atoms with Crippen LogP contribution >= 0.6 is 23.4 Å². The number of nitrogens with one attached hydrogen (secondary N) is 1. The lowest BCUT2D eigenvalue weighted by Gasteiger charge is -2.17. The van der Waals surface area contributed by atoms with Crippen LogP contribution < -0.4 is 10.1 Å². The van der Waals surface area contributed by atoms with Gasteiger partial charge in [-0.3, -0.25) is 4.79 Å². The molecule has 1 N–H and O–H groups in total. The number of ether oxygens (including phenoxy) is 1. The third-order valence-corrected chi connectivity index (χ3v) is 5.94. The Morgan fingerprint density at radius 3 is 2.60 bits per heavy atom. The number of benzene rings is 2. The first-order valence-electron chi connectivity index (χ1n) is 9.33. The number of carbonyl (C=O) groups excluding carboxylic acids is 1. The van der Waals surface area contributed by atoms with E-state index in [1.807, 2.05) is 26.1 Å². The minimum absolute atomic E-state index is 0.145. The molecule has 1 aromatic heterocycles. The maximum atomic E-state index is 13.1. The van der Waals surface area contributed by atoms with Gasteiger partial charge in [-0.2, -0.15) is 0 Å². The van der Waals surface area contributed by atoms with Gasteiger partial charge in [0.2, 0.25) is 5.91 Å². The summed E-state index contributed by atoms with van der Waals surface area (Å²) < 4.78 is 20.6. The van der Waals surface area contributed by atoms with Gasteiger partial charge < -0.3 is 14.6 Å². The second kappa shape index (κ2) is 9.95. The average molecular weight is 449 g/mol. The van der Waals surface area contributed by atoms with Crippen LogP contribution in [0.5, 0.6) is 5.75 Å². The van der Waals surface area contributed by atoms with E-state index in [1.165, 1.54) is 23.9 Å². The predicted octanol–water partition coefficient (Wildman–Crippen LogP) is 4.54. The van der Waals surface area contributed by atoms with Crippen molar-refractivity contribution in [2.24, 2.45) is 7.05 Å². The molecule has 0 fully saturated rings. The van der Waals surface area contributed by atoms with Gasteiger partial charge in [0.25, 0.3) is 0 Å². The van der Waals surface area contributed by atoms with Crippen LogP contribution in [0.15, 0.2) is 53.7 Å². The second-order valence-corrected chi connectivity index (χ2v) is 8.43. The van der Waals surface area contributed by atoms with Gasteiger partial charge in [0.15, 0.2) is 11.0 Å². The largest absolute Gasteiger partial charge is 0.484 e. The van der Waals surface area contributed by atoms with E-state index >= 15 is 0 Å². The van der Waals surface area contributed by atoms with E-state index in [1.54, 1.807) is 35.8 Å². The lowest BCUT2D eigenvalue weighted by molar-refractivity contribution is -0.120. The van der Waals surface area contributed by atoms with Crippen molar-refractivity contribution in [2.75, 3.05) is 0 Å². The number of aromatic nitrogens is 3. The number of halogens is 2. The Labute approximate surface area is 183 Å². The third-order valence-electron chi connectivity index (χ3n) is 4.50. The number of hydrogen-bond acceptors (Lipinski definition) is 5. The van der Waals surface area contributed by atoms with Gasteiger partial charge in [-0.15, -0.1) is 10.2 Å². The lowest BCUT2D eigenvalue weighted by Crippen LogP contribution is -2.33. The lowest BCUT2D eigenvalue weighted by atomic mass is 10.1. The first kappa shape index (κ1) is 22.1. The Kier molecular flexibility index (Phi) is 7.33. The zero-order chi connectivity index (χ0) is 21.7. The molecule has 0 unspecified atom stereocenters. The molecule has 6 nitrogen and oxygen atoms in total. The van der Waals surface area contributed by atoms with Gasteiger partial charge in [0, 0.05) is 7.05 Å². The first-order valence-corrected chi connectivity index (χ1v) is 10.6. The summed E-state index contributed by atoms with van der Waals surface area (Å²) in [6.45, 7) is 3.86. The van der Waals surface area contributed by atoms with Gasteiger partial charge in [0.1, 0.15) is 18.2 Å². The fourth-order valence-electron chi connectivity index (χ4n) is 2.65. The average Bonchev–Trinajstić information content (AvgIpc) is 3.07. The van der Waals surface area contributed by atoms with Crippen molar-refractivity contribution in [2.45, 2.75) is 36.9 Å². The molecule has 1 amide bonds. The Balaban J connectivity index is 1.57. The van der Waals surface area contributed by atoms with E-state index in [-0.39, 0.29) is 24.4 Å². The molecule has 3 rings (SSSR count). The van der Waals surface area contributed by atoms with Crippen molar-refractivity contribution in [3.05, 3.63) is 70.8 Å². The number of hydrogen-bond donors (Lipinski definition) is 1. The third kappa shape index (κ3) is 5.52. The molecule has 0 radical (unpaired) electrons. The van der Waals surface area contributed by atoms with Crippen molar-refractivity contribution in [1.82, 2.24) is 20.1 Å². The van der Waals surface area contributed by atoms with E-state index in [9.17, 15) is 9.18 Å². The molecular weight excluding hydrogens is 427 g/mol. The summed E-state index contributed by atoms with van der Waals surface area (Å²) >= 11 is 7.40. The van der Waals surface area contributed by atoms with Crippen LogP contribution in [0.4, 0.5) is 4.39 Å². The summed E-state index contributed by atoms with van der Waals surface area (Å²) in [5, 5.41) is 12.0. The number of nitrogens with zero attached hydrogens (tertiary/aromatic N) is 3. The topological polar surface area (TPSA) is 69.0 Å². The van der Waals surface area contributed by atoms with Gasteiger partial charge in [-0.05, 0) is 43.7 Å². The number of para-hydroxylation sites is 1. The zero-order valence-corrected chi connectivity index (χ0v) is 18.4. The first-order chi connectivity index (χ1) is 14.3. The van der Waals surface area contributed by atoms with Crippen molar-refractivity contribution >= 4 is 29.3 Å². The van der Waals surface area contributed by atoms with Crippen LogP contribution in [-0.4, -0.2) is 25.9 Å². The molecule has 158 valence electrons. The molecule has 0 aliphatic heterocycles. The van der Waals surface area contributed by atoms with Crippen molar-refractivity contribution in [3.8, 4) is 5.75 Å². The second-order valence-electron chi connectivity index (χ2n) is 6.72. The van der Waals surface area contributed by atoms with E-state index in [0.717, 1.165) is 5.56 Å². The van der Waals surface area contributed by atoms with Crippen LogP contribution in [0.2, 0.25) is 5.02 Å². The predicted molar refractivity (Wildman–Crippen MR) is 115 cm³/mol. The molecule has 0 aliphatic rings. The fourth-order valence-corrected chi connectivity index (χ4v) is 3.69. The molecular formula is C21H22ClFN4O2S. The summed E-state index contributed by atoms with van der Waals surface area (Å²) in [6, 6.07) is 13.0. The van der Waals surface area contributed by atoms with Crippen LogP contribution in [0.1, 0.15) is 31.3 Å². The van der Waals surface area contributed by atoms with E-state index in [4.69, 9.17) is 16.3 Å². The van der Waals surface area contributed by atoms with Crippen molar-refractivity contribution in [3.63, 3.8) is 0 Å². The highest BCUT2D eigenvalue weighted by Gasteiger charge is 2.21. The standard InChI is InChI=1S/C21H22ClFN4O2S/c1-13(15-8-10-16(23)11-9-15)24-20(28)14(2)30-21-26-25-19(27(21)3)12-29-18-7-5-4-6-17(18)22/h4-11,13-14H,12H2,1-3H3,(H,24,28)/t13-,14-/m0/s1. The Morgan fingerprint density at radius 1 is 1.20 bits per heavy atom. The Bertz CT molecular complexity index is 1010. The van der Waals surface area contributed by atoms with Crippen LogP contribution in [0.25, 0.3) is 0 Å². The van der Waals surface area contributed by atoms with E-state index in [0.29, 0.717) is 21.8 Å². The number of carbonyl (C=O) groups is 1. The molecule has 9 heteroatoms. The Morgan fingerprint density at radius 2 is 1.90 bits per heavy atom. The van der Waals surface area contributed by atoms with Gasteiger partial charge in [0.05, 0.1) is 16.3 Å². The van der Waals surface area contributed by atoms with Gasteiger partial charge in [-0.25, -0.2) is 4.39 Å². The minimum atomic E-state index is -0.395. The molecule has 0 saturated carbocycles. The summed E-state index contributed by atoms with van der Waals surface area (Å²) in [4.78, 5) is 12.6. The molecule has 0 saturated heterocycles. The number of rotatable bonds is 8. The minimum Gasteiger partial charge on any atom is -0.484 e. The molecule has 0 spiro atoms. The Hall–Kier alpha value is -2.58. The highest BCUT2D eigenvalue weighted by Crippen LogP contribution is 2.26. The van der Waals surface area contributed by atoms with E-state index < -0.39 is 5.25 Å². The summed E-state index contributed by atoms with van der Waals surface area (Å²) in [5.41, 5.74) is 0.833. The van der Waals surface area contributed by atoms with Crippen LogP contribution in [0, 0.1) is 5.82 Å². The maximum absolute atomic E-state index is 13.1. The molecule has 30 heavy (non-hydrogen) atoms. The smallest absolute Gasteiger partial charge is 0.233 e. The van der Waals surface area contributed by atoms with Crippen molar-refractivity contribution in [1.29, 1.82) is 0 Å². The molecule has 0 aliphatic carbocycles. The summed E-state index contributed by atoms with van der Waals surface area (Å²) in [5.74, 6) is 0.732. The van der Waals surface area contributed by atoms with E-state index in [2.05, 4.69) is 15.5 Å². The molecule has 3 aromatic rings. The van der Waals surface area contributed by atoms with Gasteiger partial charge in [-0.1, -0.05) is 47.6 Å². The summed E-state index contributed by atoms with van der Waals surface area (Å²) in [6.07, 6.45) is 0. The monoisotopic (exact) mass is 448 g/mol.